The van der Waals surface area contributed by atoms with Gasteiger partial charge < -0.3 is 15.4 Å². The second-order valence-electron chi connectivity index (χ2n) is 4.80. The number of nitrogens with one attached hydrogen (secondary N) is 2. The molecule has 0 spiro atoms. The van der Waals surface area contributed by atoms with Crippen LogP contribution in [0.5, 0.6) is 6.01 Å². The molecule has 2 heterocycles. The van der Waals surface area contributed by atoms with Crippen LogP contribution in [0.2, 0.25) is 0 Å². The minimum atomic E-state index is 0.00277. The lowest BCUT2D eigenvalue weighted by atomic mass is 10.2. The van der Waals surface area contributed by atoms with Gasteiger partial charge in [0.1, 0.15) is 0 Å². The maximum Gasteiger partial charge on any atom is 0.323 e. The Morgan fingerprint density at radius 3 is 2.62 bits per heavy atom. The van der Waals surface area contributed by atoms with Gasteiger partial charge in [-0.05, 0) is 32.4 Å². The van der Waals surface area contributed by atoms with Crippen LogP contribution in [-0.4, -0.2) is 33.1 Å². The molecule has 0 aliphatic rings. The van der Waals surface area contributed by atoms with Crippen molar-refractivity contribution in [2.24, 2.45) is 0 Å². The van der Waals surface area contributed by atoms with E-state index >= 15 is 0 Å². The molecule has 2 aromatic heterocycles. The van der Waals surface area contributed by atoms with Crippen molar-refractivity contribution < 1.29 is 4.74 Å². The maximum absolute atomic E-state index is 5.52. The fraction of sp³-hybridized carbons (Fsp3) is 0.429. The topological polar surface area (TPSA) is 84.9 Å². The van der Waals surface area contributed by atoms with Crippen LogP contribution in [0, 0.1) is 6.92 Å². The van der Waals surface area contributed by atoms with Gasteiger partial charge in [0, 0.05) is 13.2 Å². The molecule has 0 unspecified atom stereocenters. The van der Waals surface area contributed by atoms with E-state index in [0.29, 0.717) is 24.5 Å². The summed E-state index contributed by atoms with van der Waals surface area (Å²) in [5.74, 6) is 0.913. The van der Waals surface area contributed by atoms with Gasteiger partial charge in [-0.3, -0.25) is 4.98 Å². The fourth-order valence-corrected chi connectivity index (χ4v) is 1.68. The van der Waals surface area contributed by atoms with Crippen molar-refractivity contribution in [1.29, 1.82) is 0 Å². The van der Waals surface area contributed by atoms with Gasteiger partial charge in [0.15, 0.2) is 0 Å². The zero-order valence-corrected chi connectivity index (χ0v) is 12.7. The predicted octanol–water partition coefficient (Wildman–Crippen LogP) is 2.02. The van der Waals surface area contributed by atoms with Crippen molar-refractivity contribution >= 4 is 11.9 Å². The van der Waals surface area contributed by atoms with Gasteiger partial charge in [-0.1, -0.05) is 6.07 Å². The average Bonchev–Trinajstić information content (AvgIpc) is 2.45. The zero-order chi connectivity index (χ0) is 15.2. The summed E-state index contributed by atoms with van der Waals surface area (Å²) < 4.78 is 5.52. The highest BCUT2D eigenvalue weighted by Gasteiger charge is 2.08. The summed E-state index contributed by atoms with van der Waals surface area (Å²) in [6.07, 6.45) is 1.77. The molecule has 0 fully saturated rings. The monoisotopic (exact) mass is 288 g/mol. The third-order valence-electron chi connectivity index (χ3n) is 2.71. The van der Waals surface area contributed by atoms with E-state index in [2.05, 4.69) is 30.6 Å². The Morgan fingerprint density at radius 2 is 1.95 bits per heavy atom. The van der Waals surface area contributed by atoms with Crippen LogP contribution in [0.4, 0.5) is 11.9 Å². The molecule has 7 nitrogen and oxygen atoms in total. The summed E-state index contributed by atoms with van der Waals surface area (Å²) in [6, 6.07) is 4.23. The molecule has 2 N–H and O–H groups in total. The van der Waals surface area contributed by atoms with Gasteiger partial charge in [-0.15, -0.1) is 0 Å². The fourth-order valence-electron chi connectivity index (χ4n) is 1.68. The molecular weight excluding hydrogens is 268 g/mol. The lowest BCUT2D eigenvalue weighted by Gasteiger charge is -2.11. The van der Waals surface area contributed by atoms with Crippen LogP contribution in [0.15, 0.2) is 18.3 Å². The Bertz CT molecular complexity index is 602. The van der Waals surface area contributed by atoms with E-state index in [-0.39, 0.29) is 6.10 Å². The quantitative estimate of drug-likeness (QED) is 0.841. The molecular formula is C14H20N6O. The highest BCUT2D eigenvalue weighted by atomic mass is 16.5. The number of aryl methyl sites for hydroxylation is 1. The molecule has 0 aliphatic carbocycles. The van der Waals surface area contributed by atoms with Crippen LogP contribution >= 0.6 is 0 Å². The Kier molecular flexibility index (Phi) is 4.86. The maximum atomic E-state index is 5.52. The molecule has 0 aromatic carbocycles. The third kappa shape index (κ3) is 4.27. The lowest BCUT2D eigenvalue weighted by molar-refractivity contribution is 0.222. The van der Waals surface area contributed by atoms with Crippen LogP contribution in [0.1, 0.15) is 25.1 Å². The normalized spacial score (nSPS) is 10.5. The van der Waals surface area contributed by atoms with Gasteiger partial charge in [-0.25, -0.2) is 0 Å². The molecule has 0 saturated carbocycles. The van der Waals surface area contributed by atoms with Gasteiger partial charge in [0.25, 0.3) is 0 Å². The number of hydrogen-bond donors (Lipinski definition) is 2. The number of ether oxygens (including phenoxy) is 1. The second-order valence-corrected chi connectivity index (χ2v) is 4.80. The van der Waals surface area contributed by atoms with Crippen molar-refractivity contribution in [1.82, 2.24) is 19.9 Å². The predicted molar refractivity (Wildman–Crippen MR) is 81.4 cm³/mol. The molecule has 0 saturated heterocycles. The summed E-state index contributed by atoms with van der Waals surface area (Å²) in [4.78, 5) is 17.0. The number of aromatic nitrogens is 4. The number of pyridine rings is 1. The molecule has 2 rings (SSSR count). The SMILES string of the molecule is CNc1nc(NCc2ncccc2C)nc(OC(C)C)n1. The summed E-state index contributed by atoms with van der Waals surface area (Å²) >= 11 is 0. The summed E-state index contributed by atoms with van der Waals surface area (Å²) in [5, 5.41) is 6.04. The summed E-state index contributed by atoms with van der Waals surface area (Å²) in [6.45, 7) is 6.41. The van der Waals surface area contributed by atoms with E-state index in [0.717, 1.165) is 11.3 Å². The average molecular weight is 288 g/mol. The Hall–Kier alpha value is -2.44. The Labute approximate surface area is 124 Å². The lowest BCUT2D eigenvalue weighted by Crippen LogP contribution is -2.13. The van der Waals surface area contributed by atoms with Crippen LogP contribution in [0.3, 0.4) is 0 Å². The first-order valence-electron chi connectivity index (χ1n) is 6.83. The van der Waals surface area contributed by atoms with Crippen molar-refractivity contribution in [2.45, 2.75) is 33.4 Å². The summed E-state index contributed by atoms with van der Waals surface area (Å²) in [7, 11) is 1.75. The second kappa shape index (κ2) is 6.83. The molecule has 7 heteroatoms. The van der Waals surface area contributed by atoms with E-state index < -0.39 is 0 Å². The Balaban J connectivity index is 2.13. The molecule has 2 aromatic rings. The number of anilines is 2. The molecule has 0 atom stereocenters. The van der Waals surface area contributed by atoms with E-state index in [4.69, 9.17) is 4.74 Å². The number of nitrogens with zero attached hydrogens (tertiary/aromatic N) is 4. The molecule has 0 bridgehead atoms. The van der Waals surface area contributed by atoms with Crippen molar-refractivity contribution in [2.75, 3.05) is 17.7 Å². The third-order valence-corrected chi connectivity index (χ3v) is 2.71. The molecule has 0 amide bonds. The first-order chi connectivity index (χ1) is 10.1. The zero-order valence-electron chi connectivity index (χ0n) is 12.7. The minimum Gasteiger partial charge on any atom is -0.461 e. The first-order valence-corrected chi connectivity index (χ1v) is 6.83. The van der Waals surface area contributed by atoms with Gasteiger partial charge in [0.05, 0.1) is 18.3 Å². The van der Waals surface area contributed by atoms with Crippen molar-refractivity contribution in [3.8, 4) is 6.01 Å². The van der Waals surface area contributed by atoms with E-state index in [1.165, 1.54) is 0 Å². The Morgan fingerprint density at radius 1 is 1.19 bits per heavy atom. The smallest absolute Gasteiger partial charge is 0.323 e. The van der Waals surface area contributed by atoms with Crippen LogP contribution in [0.25, 0.3) is 0 Å². The largest absolute Gasteiger partial charge is 0.461 e. The molecule has 0 radical (unpaired) electrons. The molecule has 112 valence electrons. The molecule has 0 aliphatic heterocycles. The number of hydrogen-bond acceptors (Lipinski definition) is 7. The first kappa shape index (κ1) is 15.0. The van der Waals surface area contributed by atoms with Gasteiger partial charge in [-0.2, -0.15) is 15.0 Å². The standard InChI is InChI=1S/C14H20N6O/c1-9(2)21-14-19-12(15-4)18-13(20-14)17-8-11-10(3)6-5-7-16-11/h5-7,9H,8H2,1-4H3,(H2,15,17,18,19,20). The van der Waals surface area contributed by atoms with Gasteiger partial charge >= 0.3 is 6.01 Å². The highest BCUT2D eigenvalue weighted by molar-refractivity contribution is 5.36. The number of rotatable bonds is 6. The van der Waals surface area contributed by atoms with E-state index in [9.17, 15) is 0 Å². The highest BCUT2D eigenvalue weighted by Crippen LogP contribution is 2.13. The summed E-state index contributed by atoms with van der Waals surface area (Å²) in [5.41, 5.74) is 2.07. The van der Waals surface area contributed by atoms with E-state index in [1.54, 1.807) is 13.2 Å². The van der Waals surface area contributed by atoms with Crippen molar-refractivity contribution in [3.63, 3.8) is 0 Å². The van der Waals surface area contributed by atoms with E-state index in [1.807, 2.05) is 32.9 Å². The molecule has 21 heavy (non-hydrogen) atoms. The van der Waals surface area contributed by atoms with Crippen LogP contribution in [-0.2, 0) is 6.54 Å². The van der Waals surface area contributed by atoms with Crippen LogP contribution < -0.4 is 15.4 Å². The van der Waals surface area contributed by atoms with Gasteiger partial charge in [0.2, 0.25) is 11.9 Å². The minimum absolute atomic E-state index is 0.00277. The van der Waals surface area contributed by atoms with Crippen molar-refractivity contribution in [3.05, 3.63) is 29.6 Å².